The molecule has 0 bridgehead atoms. The van der Waals surface area contributed by atoms with Crippen LogP contribution in [0.5, 0.6) is 0 Å². The lowest BCUT2D eigenvalue weighted by molar-refractivity contribution is -0.114. The summed E-state index contributed by atoms with van der Waals surface area (Å²) in [6.07, 6.45) is 2.64. The number of aromatic nitrogens is 6. The number of benzene rings is 2. The van der Waals surface area contributed by atoms with E-state index in [0.717, 1.165) is 41.6 Å². The molecule has 218 valence electrons. The van der Waals surface area contributed by atoms with E-state index in [9.17, 15) is 9.59 Å². The highest BCUT2D eigenvalue weighted by atomic mass is 16.3. The lowest BCUT2D eigenvalue weighted by atomic mass is 10.0. The van der Waals surface area contributed by atoms with Crippen LogP contribution in [0.2, 0.25) is 0 Å². The molecule has 1 N–H and O–H groups in total. The second kappa shape index (κ2) is 11.0. The Hall–Kier alpha value is -4.97. The molecule has 2 aliphatic rings. The van der Waals surface area contributed by atoms with Gasteiger partial charge in [0, 0.05) is 50.0 Å². The third-order valence-electron chi connectivity index (χ3n) is 8.06. The molecule has 7 rings (SSSR count). The molecule has 4 heterocycles. The first kappa shape index (κ1) is 26.9. The minimum Gasteiger partial charge on any atom is -0.436 e. The minimum absolute atomic E-state index is 0.103. The Labute approximate surface area is 247 Å². The van der Waals surface area contributed by atoms with Crippen LogP contribution in [-0.4, -0.2) is 78.0 Å². The van der Waals surface area contributed by atoms with Gasteiger partial charge in [-0.3, -0.25) is 14.5 Å². The van der Waals surface area contributed by atoms with Crippen molar-refractivity contribution in [2.24, 2.45) is 7.05 Å². The Bertz CT molecular complexity index is 1820. The Morgan fingerprint density at radius 3 is 2.53 bits per heavy atom. The van der Waals surface area contributed by atoms with E-state index in [1.165, 1.54) is 11.7 Å². The lowest BCUT2D eigenvalue weighted by Crippen LogP contribution is -2.50. The van der Waals surface area contributed by atoms with Crippen LogP contribution in [0.25, 0.3) is 22.6 Å². The highest BCUT2D eigenvalue weighted by Gasteiger charge is 2.32. The van der Waals surface area contributed by atoms with Crippen molar-refractivity contribution >= 4 is 28.6 Å². The van der Waals surface area contributed by atoms with E-state index in [2.05, 4.69) is 37.8 Å². The molecule has 1 saturated heterocycles. The van der Waals surface area contributed by atoms with Crippen LogP contribution >= 0.6 is 0 Å². The molecule has 12 nitrogen and oxygen atoms in total. The molecule has 43 heavy (non-hydrogen) atoms. The summed E-state index contributed by atoms with van der Waals surface area (Å²) in [5.41, 5.74) is 6.21. The predicted molar refractivity (Wildman–Crippen MR) is 158 cm³/mol. The van der Waals surface area contributed by atoms with Crippen LogP contribution in [0, 0.1) is 0 Å². The van der Waals surface area contributed by atoms with Gasteiger partial charge in [-0.1, -0.05) is 30.3 Å². The molecule has 3 aromatic heterocycles. The molecule has 1 fully saturated rings. The third kappa shape index (κ3) is 5.25. The number of aryl methyl sites for hydroxylation is 2. The molecule has 1 atom stereocenters. The van der Waals surface area contributed by atoms with Crippen molar-refractivity contribution in [2.75, 3.05) is 31.5 Å². The topological polar surface area (TPSA) is 135 Å². The van der Waals surface area contributed by atoms with Gasteiger partial charge in [0.1, 0.15) is 11.2 Å². The summed E-state index contributed by atoms with van der Waals surface area (Å²) >= 11 is 0. The van der Waals surface area contributed by atoms with E-state index in [4.69, 9.17) is 14.4 Å². The highest BCUT2D eigenvalue weighted by molar-refractivity contribution is 5.94. The van der Waals surface area contributed by atoms with Crippen LogP contribution in [0.3, 0.4) is 0 Å². The number of amides is 2. The quantitative estimate of drug-likeness (QED) is 0.322. The van der Waals surface area contributed by atoms with E-state index in [1.54, 1.807) is 25.2 Å². The maximum Gasteiger partial charge on any atom is 0.272 e. The molecule has 0 radical (unpaired) electrons. The smallest absolute Gasteiger partial charge is 0.272 e. The molecule has 0 spiro atoms. The second-order valence-electron chi connectivity index (χ2n) is 11.0. The maximum absolute atomic E-state index is 13.8. The lowest BCUT2D eigenvalue weighted by Gasteiger charge is -2.38. The van der Waals surface area contributed by atoms with Crippen molar-refractivity contribution in [3.63, 3.8) is 0 Å². The fraction of sp³-hybridized carbons (Fsp3) is 0.323. The zero-order valence-electron chi connectivity index (χ0n) is 24.0. The third-order valence-corrected chi connectivity index (χ3v) is 8.06. The largest absolute Gasteiger partial charge is 0.436 e. The minimum atomic E-state index is -0.153. The van der Waals surface area contributed by atoms with Gasteiger partial charge in [-0.25, -0.2) is 9.97 Å². The molecule has 2 aromatic carbocycles. The van der Waals surface area contributed by atoms with Crippen molar-refractivity contribution in [1.82, 2.24) is 40.0 Å². The normalized spacial score (nSPS) is 15.9. The van der Waals surface area contributed by atoms with E-state index in [0.29, 0.717) is 60.4 Å². The maximum atomic E-state index is 13.8. The molecule has 1 unspecified atom stereocenters. The number of nitrogens with zero attached hydrogens (tertiary/aromatic N) is 8. The number of fused-ring (bicyclic) bond motifs is 2. The van der Waals surface area contributed by atoms with Gasteiger partial charge in [0.25, 0.3) is 5.91 Å². The van der Waals surface area contributed by atoms with Gasteiger partial charge in [-0.2, -0.15) is 4.80 Å². The number of carbonyl (C=O) groups excluding carboxylic acids is 2. The first-order valence-corrected chi connectivity index (χ1v) is 14.5. The fourth-order valence-electron chi connectivity index (χ4n) is 6.08. The van der Waals surface area contributed by atoms with Crippen LogP contribution in [0.4, 0.5) is 5.69 Å². The molecular weight excluding hydrogens is 546 g/mol. The van der Waals surface area contributed by atoms with Crippen LogP contribution < -0.4 is 5.32 Å². The first-order chi connectivity index (χ1) is 20.9. The summed E-state index contributed by atoms with van der Waals surface area (Å²) in [6.45, 7) is 3.87. The Morgan fingerprint density at radius 1 is 0.977 bits per heavy atom. The molecule has 0 saturated carbocycles. The zero-order chi connectivity index (χ0) is 29.5. The summed E-state index contributed by atoms with van der Waals surface area (Å²) < 4.78 is 6.14. The summed E-state index contributed by atoms with van der Waals surface area (Å²) in [4.78, 5) is 40.5. The van der Waals surface area contributed by atoms with Crippen molar-refractivity contribution in [1.29, 1.82) is 0 Å². The number of rotatable bonds is 6. The van der Waals surface area contributed by atoms with Crippen LogP contribution in [-0.2, 0) is 24.7 Å². The first-order valence-electron chi connectivity index (χ1n) is 14.5. The molecule has 5 aromatic rings. The van der Waals surface area contributed by atoms with Gasteiger partial charge < -0.3 is 14.6 Å². The predicted octanol–water partition coefficient (Wildman–Crippen LogP) is 3.41. The number of hydrogen-bond acceptors (Lipinski definition) is 9. The average molecular weight is 578 g/mol. The standard InChI is InChI=1S/C31H31N9O3/c1-19(41)32-21-11-12-27-25(17-21)34-30(43-27)23-18-26(33-24-10-6-9-22(23)24)31(42)40-15-13-39(14-16-40)28(20-7-4-3-5-8-20)29-35-37-38(2)36-29/h3-5,7-8,11-12,17-18,28H,6,9-10,13-16H2,1-2H3,(H,32,41). The molecule has 2 amide bonds. The zero-order valence-corrected chi connectivity index (χ0v) is 24.0. The van der Waals surface area contributed by atoms with E-state index in [1.807, 2.05) is 29.2 Å². The molecule has 12 heteroatoms. The average Bonchev–Trinajstić information content (AvgIpc) is 3.77. The van der Waals surface area contributed by atoms with Crippen molar-refractivity contribution < 1.29 is 14.0 Å². The van der Waals surface area contributed by atoms with E-state index >= 15 is 0 Å². The number of nitrogens with one attached hydrogen (secondary N) is 1. The van der Waals surface area contributed by atoms with Gasteiger partial charge in [0.05, 0.1) is 13.1 Å². The SMILES string of the molecule is CC(=O)Nc1ccc2oc(-c3cc(C(=O)N4CCN(C(c5ccccc5)c5nnn(C)n5)CC4)nc4c3CCC4)nc2c1. The highest BCUT2D eigenvalue weighted by Crippen LogP contribution is 2.35. The van der Waals surface area contributed by atoms with Crippen molar-refractivity contribution in [3.05, 3.63) is 82.9 Å². The summed E-state index contributed by atoms with van der Waals surface area (Å²) in [7, 11) is 1.76. The number of carbonyl (C=O) groups is 2. The second-order valence-corrected chi connectivity index (χ2v) is 11.0. The number of piperazine rings is 1. The Morgan fingerprint density at radius 2 is 1.79 bits per heavy atom. The van der Waals surface area contributed by atoms with Crippen molar-refractivity contribution in [2.45, 2.75) is 32.2 Å². The number of pyridine rings is 1. The summed E-state index contributed by atoms with van der Waals surface area (Å²) in [6, 6.07) is 17.2. The van der Waals surface area contributed by atoms with Gasteiger partial charge in [0.15, 0.2) is 11.4 Å². The molecule has 1 aliphatic carbocycles. The number of anilines is 1. The van der Waals surface area contributed by atoms with E-state index < -0.39 is 0 Å². The van der Waals surface area contributed by atoms with Gasteiger partial charge in [0.2, 0.25) is 11.8 Å². The van der Waals surface area contributed by atoms with Gasteiger partial charge in [-0.05, 0) is 59.9 Å². The van der Waals surface area contributed by atoms with Crippen molar-refractivity contribution in [3.8, 4) is 11.5 Å². The number of hydrogen-bond donors (Lipinski definition) is 1. The summed E-state index contributed by atoms with van der Waals surface area (Å²) in [5, 5.41) is 15.6. The monoisotopic (exact) mass is 577 g/mol. The fourth-order valence-corrected chi connectivity index (χ4v) is 6.08. The van der Waals surface area contributed by atoms with Gasteiger partial charge >= 0.3 is 0 Å². The number of tetrazole rings is 1. The number of oxazole rings is 1. The van der Waals surface area contributed by atoms with E-state index in [-0.39, 0.29) is 17.9 Å². The van der Waals surface area contributed by atoms with Gasteiger partial charge in [-0.15, -0.1) is 10.2 Å². The molecule has 1 aliphatic heterocycles. The van der Waals surface area contributed by atoms with Crippen LogP contribution in [0.15, 0.2) is 59.0 Å². The van der Waals surface area contributed by atoms with Crippen LogP contribution in [0.1, 0.15) is 52.5 Å². The summed E-state index contributed by atoms with van der Waals surface area (Å²) in [5.74, 6) is 0.839. The molecular formula is C31H31N9O3. The Balaban J connectivity index is 1.14. The Kier molecular flexibility index (Phi) is 6.90.